The van der Waals surface area contributed by atoms with Gasteiger partial charge in [-0.25, -0.2) is 4.68 Å². The molecule has 0 amide bonds. The standard InChI is InChI=1S/C25H34N5O8PS/c1-3-40(13-39(34,35)36)12-19-20(32)21(33)24(38-19)30-23-17(10-26-30)22(28-25(29-23)37-11-14(2)31)27-18-9-8-15-6-4-5-7-16(15)18/h3-7,10,14,18-21,24,31-33H,8-9,11-13H2,1-2H3,(H,27,28,29)(H2,34,35,36)/t14-,18-,19-,20-,21-,24-,40?/m1/s1. The number of aromatic nitrogens is 4. The predicted molar refractivity (Wildman–Crippen MR) is 151 cm³/mol. The molecule has 0 spiro atoms. The van der Waals surface area contributed by atoms with Crippen LogP contribution in [0.1, 0.15) is 43.7 Å². The summed E-state index contributed by atoms with van der Waals surface area (Å²) in [5.41, 5.74) is 2.36. The van der Waals surface area contributed by atoms with Crippen molar-refractivity contribution in [3.63, 3.8) is 0 Å². The number of nitrogens with zero attached hydrogens (tertiary/aromatic N) is 4. The Labute approximate surface area is 233 Å². The topological polar surface area (TPSA) is 192 Å². The molecule has 2 aliphatic rings. The number of hydrogen-bond donors (Lipinski definition) is 6. The summed E-state index contributed by atoms with van der Waals surface area (Å²) in [6.45, 7) is 3.23. The Kier molecular flexibility index (Phi) is 8.60. The van der Waals surface area contributed by atoms with Gasteiger partial charge in [-0.2, -0.15) is 25.6 Å². The maximum absolute atomic E-state index is 11.5. The monoisotopic (exact) mass is 595 g/mol. The van der Waals surface area contributed by atoms with Crippen LogP contribution >= 0.6 is 18.1 Å². The quantitative estimate of drug-likeness (QED) is 0.147. The zero-order valence-corrected chi connectivity index (χ0v) is 23.8. The molecular weight excluding hydrogens is 561 g/mol. The number of rotatable bonds is 10. The van der Waals surface area contributed by atoms with E-state index in [1.165, 1.54) is 15.8 Å². The smallest absolute Gasteiger partial charge is 0.334 e. The second kappa shape index (κ2) is 11.8. The Morgan fingerprint density at radius 2 is 2.05 bits per heavy atom. The first-order chi connectivity index (χ1) is 19.0. The van der Waals surface area contributed by atoms with Crippen LogP contribution in [0.25, 0.3) is 11.0 Å². The summed E-state index contributed by atoms with van der Waals surface area (Å²) in [4.78, 5) is 27.8. The highest BCUT2D eigenvalue weighted by Gasteiger charge is 2.45. The average Bonchev–Trinajstić information content (AvgIpc) is 3.59. The van der Waals surface area contributed by atoms with Crippen LogP contribution in [-0.4, -0.2) is 92.5 Å². The van der Waals surface area contributed by atoms with Gasteiger partial charge < -0.3 is 39.9 Å². The zero-order chi connectivity index (χ0) is 28.6. The van der Waals surface area contributed by atoms with Crippen molar-refractivity contribution in [2.45, 2.75) is 63.4 Å². The van der Waals surface area contributed by atoms with Crippen molar-refractivity contribution in [2.75, 3.05) is 23.2 Å². The minimum Gasteiger partial charge on any atom is -0.461 e. The minimum atomic E-state index is -4.28. The first-order valence-electron chi connectivity index (χ1n) is 13.0. The average molecular weight is 596 g/mol. The van der Waals surface area contributed by atoms with Crippen LogP contribution < -0.4 is 10.1 Å². The number of benzene rings is 1. The van der Waals surface area contributed by atoms with E-state index in [1.54, 1.807) is 25.4 Å². The number of aliphatic hydroxyl groups is 3. The molecule has 0 bridgehead atoms. The molecule has 0 saturated carbocycles. The third-order valence-electron chi connectivity index (χ3n) is 6.95. The fourth-order valence-electron chi connectivity index (χ4n) is 5.05. The van der Waals surface area contributed by atoms with Crippen LogP contribution in [0.2, 0.25) is 0 Å². The van der Waals surface area contributed by atoms with Gasteiger partial charge in [0.2, 0.25) is 0 Å². The minimum absolute atomic E-state index is 0.000896. The number of hydrogen-bond acceptors (Lipinski definition) is 10. The highest BCUT2D eigenvalue weighted by atomic mass is 32.2. The maximum Gasteiger partial charge on any atom is 0.334 e. The van der Waals surface area contributed by atoms with E-state index in [0.29, 0.717) is 11.2 Å². The third-order valence-corrected chi connectivity index (χ3v) is 11.0. The zero-order valence-electron chi connectivity index (χ0n) is 22.1. The summed E-state index contributed by atoms with van der Waals surface area (Å²) in [6.07, 6.45) is -2.10. The van der Waals surface area contributed by atoms with Crippen molar-refractivity contribution in [1.29, 1.82) is 0 Å². The lowest BCUT2D eigenvalue weighted by molar-refractivity contribution is -0.0362. The molecule has 3 heterocycles. The molecule has 1 saturated heterocycles. The Morgan fingerprint density at radius 3 is 2.77 bits per heavy atom. The molecule has 2 aromatic heterocycles. The van der Waals surface area contributed by atoms with Gasteiger partial charge in [-0.3, -0.25) is 4.57 Å². The lowest BCUT2D eigenvalue weighted by atomic mass is 10.1. The molecular formula is C25H34N5O8PS. The summed E-state index contributed by atoms with van der Waals surface area (Å²) in [7, 11) is -5.12. The van der Waals surface area contributed by atoms with E-state index in [0.717, 1.165) is 12.8 Å². The molecule has 5 rings (SSSR count). The lowest BCUT2D eigenvalue weighted by Gasteiger charge is -2.19. The van der Waals surface area contributed by atoms with E-state index < -0.39 is 48.7 Å². The number of aryl methyl sites for hydroxylation is 1. The fraction of sp³-hybridized carbons (Fsp3) is 0.520. The summed E-state index contributed by atoms with van der Waals surface area (Å²) in [6, 6.07) is 8.18. The van der Waals surface area contributed by atoms with Gasteiger partial charge in [-0.05, 0) is 37.8 Å². The van der Waals surface area contributed by atoms with Gasteiger partial charge in [0.1, 0.15) is 24.6 Å². The summed E-state index contributed by atoms with van der Waals surface area (Å²) >= 11 is 0. The van der Waals surface area contributed by atoms with Gasteiger partial charge >= 0.3 is 13.6 Å². The molecule has 1 aromatic carbocycles. The molecule has 1 fully saturated rings. The first kappa shape index (κ1) is 29.1. The molecule has 3 aromatic rings. The van der Waals surface area contributed by atoms with Gasteiger partial charge in [0.15, 0.2) is 11.9 Å². The highest BCUT2D eigenvalue weighted by molar-refractivity contribution is 8.18. The second-order valence-electron chi connectivity index (χ2n) is 10.1. The molecule has 1 aliphatic heterocycles. The Balaban J connectivity index is 1.46. The van der Waals surface area contributed by atoms with Crippen LogP contribution in [0, 0.1) is 0 Å². The van der Waals surface area contributed by atoms with Crippen molar-refractivity contribution in [1.82, 2.24) is 19.7 Å². The number of ether oxygens (including phenoxy) is 2. The highest BCUT2D eigenvalue weighted by Crippen LogP contribution is 2.43. The number of anilines is 1. The van der Waals surface area contributed by atoms with E-state index in [4.69, 9.17) is 9.47 Å². The van der Waals surface area contributed by atoms with Crippen molar-refractivity contribution in [3.05, 3.63) is 41.6 Å². The molecule has 218 valence electrons. The second-order valence-corrected chi connectivity index (χ2v) is 14.3. The molecule has 1 aliphatic carbocycles. The van der Waals surface area contributed by atoms with Crippen LogP contribution in [-0.2, 0) is 15.7 Å². The van der Waals surface area contributed by atoms with E-state index in [2.05, 4.69) is 32.5 Å². The van der Waals surface area contributed by atoms with Crippen molar-refractivity contribution < 1.29 is 39.1 Å². The summed E-state index contributed by atoms with van der Waals surface area (Å²) < 4.78 is 24.5. The summed E-state index contributed by atoms with van der Waals surface area (Å²) in [5.74, 6) is 0.591. The molecule has 7 atom stereocenters. The van der Waals surface area contributed by atoms with Crippen LogP contribution in [0.15, 0.2) is 30.5 Å². The molecule has 13 nitrogen and oxygen atoms in total. The Bertz CT molecular complexity index is 1450. The van der Waals surface area contributed by atoms with Gasteiger partial charge in [-0.15, -0.1) is 0 Å². The lowest BCUT2D eigenvalue weighted by Crippen LogP contribution is -2.33. The predicted octanol–water partition coefficient (Wildman–Crippen LogP) is 1.53. The van der Waals surface area contributed by atoms with E-state index >= 15 is 0 Å². The Hall–Kier alpha value is -2.42. The van der Waals surface area contributed by atoms with Gasteiger partial charge in [-0.1, -0.05) is 29.6 Å². The van der Waals surface area contributed by atoms with E-state index in [1.807, 2.05) is 12.1 Å². The number of fused-ring (bicyclic) bond motifs is 2. The molecule has 6 N–H and O–H groups in total. The van der Waals surface area contributed by atoms with Crippen LogP contribution in [0.3, 0.4) is 0 Å². The van der Waals surface area contributed by atoms with Gasteiger partial charge in [0.25, 0.3) is 0 Å². The van der Waals surface area contributed by atoms with Crippen LogP contribution in [0.5, 0.6) is 6.01 Å². The van der Waals surface area contributed by atoms with Gasteiger partial charge in [0.05, 0.1) is 35.3 Å². The third kappa shape index (κ3) is 6.24. The summed E-state index contributed by atoms with van der Waals surface area (Å²) in [5, 5.41) is 41.5. The van der Waals surface area contributed by atoms with Gasteiger partial charge in [0, 0.05) is 5.75 Å². The van der Waals surface area contributed by atoms with Crippen molar-refractivity contribution >= 4 is 40.3 Å². The molecule has 40 heavy (non-hydrogen) atoms. The fourth-order valence-corrected chi connectivity index (χ4v) is 8.69. The normalized spacial score (nSPS) is 26.2. The van der Waals surface area contributed by atoms with Crippen LogP contribution in [0.4, 0.5) is 5.82 Å². The number of nitrogens with one attached hydrogen (secondary N) is 1. The molecule has 1 unspecified atom stereocenters. The largest absolute Gasteiger partial charge is 0.461 e. The van der Waals surface area contributed by atoms with Crippen molar-refractivity contribution in [3.8, 4) is 6.01 Å². The van der Waals surface area contributed by atoms with E-state index in [-0.39, 0.29) is 35.6 Å². The SMILES string of the molecule is C/C=S(/C[C@H]1O[C@@H](n2ncc3c(N[C@@H]4CCc5ccccc54)nc(OC[C@@H](C)O)nc32)[C@H](O)[C@@H]1O)CP(=O)(O)O. The first-order valence-corrected chi connectivity index (χ1v) is 16.4. The molecule has 0 radical (unpaired) electrons. The molecule has 15 heteroatoms. The maximum atomic E-state index is 11.5. The number of aliphatic hydroxyl groups excluding tert-OH is 3. The van der Waals surface area contributed by atoms with E-state index in [9.17, 15) is 29.7 Å². The Morgan fingerprint density at radius 1 is 1.27 bits per heavy atom. The van der Waals surface area contributed by atoms with Crippen molar-refractivity contribution in [2.24, 2.45) is 0 Å².